The van der Waals surface area contributed by atoms with Crippen LogP contribution >= 0.6 is 15.9 Å². The molecule has 1 aromatic heterocycles. The van der Waals surface area contributed by atoms with Crippen LogP contribution in [0.4, 0.5) is 0 Å². The van der Waals surface area contributed by atoms with Crippen molar-refractivity contribution < 1.29 is 0 Å². The van der Waals surface area contributed by atoms with Crippen LogP contribution in [0.1, 0.15) is 30.1 Å². The van der Waals surface area contributed by atoms with Crippen molar-refractivity contribution >= 4 is 15.9 Å². The molecule has 3 heteroatoms. The number of aromatic nitrogens is 2. The fourth-order valence-electron chi connectivity index (χ4n) is 2.12. The maximum absolute atomic E-state index is 4.61. The molecule has 72 valence electrons. The van der Waals surface area contributed by atoms with Gasteiger partial charge in [-0.25, -0.2) is 4.98 Å². The molecule has 0 atom stereocenters. The maximum Gasteiger partial charge on any atom is 0.106 e. The van der Waals surface area contributed by atoms with Crippen molar-refractivity contribution in [1.82, 2.24) is 9.55 Å². The number of imidazole rings is 1. The Morgan fingerprint density at radius 1 is 1.38 bits per heavy atom. The zero-order valence-corrected chi connectivity index (χ0v) is 9.60. The second-order valence-electron chi connectivity index (χ2n) is 3.60. The SMILES string of the molecule is Cc1nc2c(n1CCBr)CCCC2. The number of hydrogen-bond acceptors (Lipinski definition) is 1. The standard InChI is InChI=1S/C10H15BrN2/c1-8-12-9-4-2-3-5-10(9)13(8)7-6-11/h2-7H2,1H3. The third-order valence-corrected chi connectivity index (χ3v) is 3.09. The predicted molar refractivity (Wildman–Crippen MR) is 57.4 cm³/mol. The summed E-state index contributed by atoms with van der Waals surface area (Å²) in [5, 5.41) is 1.02. The molecule has 0 fully saturated rings. The van der Waals surface area contributed by atoms with Gasteiger partial charge in [-0.2, -0.15) is 0 Å². The lowest BCUT2D eigenvalue weighted by Gasteiger charge is -2.13. The number of nitrogens with zero attached hydrogens (tertiary/aromatic N) is 2. The highest BCUT2D eigenvalue weighted by Gasteiger charge is 2.16. The largest absolute Gasteiger partial charge is 0.331 e. The molecular formula is C10H15BrN2. The van der Waals surface area contributed by atoms with Gasteiger partial charge in [0.25, 0.3) is 0 Å². The van der Waals surface area contributed by atoms with E-state index in [4.69, 9.17) is 0 Å². The van der Waals surface area contributed by atoms with Gasteiger partial charge in [-0.1, -0.05) is 15.9 Å². The van der Waals surface area contributed by atoms with E-state index in [1.54, 1.807) is 0 Å². The minimum atomic E-state index is 1.02. The topological polar surface area (TPSA) is 17.8 Å². The van der Waals surface area contributed by atoms with Gasteiger partial charge in [-0.15, -0.1) is 0 Å². The molecule has 0 aliphatic heterocycles. The Morgan fingerprint density at radius 3 is 2.92 bits per heavy atom. The second-order valence-corrected chi connectivity index (χ2v) is 4.39. The fraction of sp³-hybridized carbons (Fsp3) is 0.700. The zero-order chi connectivity index (χ0) is 9.26. The Kier molecular flexibility index (Phi) is 2.72. The molecule has 0 radical (unpaired) electrons. The summed E-state index contributed by atoms with van der Waals surface area (Å²) in [6.45, 7) is 3.18. The average Bonchev–Trinajstić information content (AvgIpc) is 2.44. The van der Waals surface area contributed by atoms with E-state index < -0.39 is 0 Å². The van der Waals surface area contributed by atoms with Crippen molar-refractivity contribution in [2.24, 2.45) is 0 Å². The zero-order valence-electron chi connectivity index (χ0n) is 8.02. The Balaban J connectivity index is 2.36. The van der Waals surface area contributed by atoms with Crippen molar-refractivity contribution in [3.05, 3.63) is 17.2 Å². The molecule has 1 aromatic rings. The summed E-state index contributed by atoms with van der Waals surface area (Å²) in [6.07, 6.45) is 5.06. The molecule has 0 saturated carbocycles. The van der Waals surface area contributed by atoms with Gasteiger partial charge in [0.1, 0.15) is 5.82 Å². The molecular weight excluding hydrogens is 228 g/mol. The van der Waals surface area contributed by atoms with E-state index in [9.17, 15) is 0 Å². The van der Waals surface area contributed by atoms with Gasteiger partial charge >= 0.3 is 0 Å². The van der Waals surface area contributed by atoms with Gasteiger partial charge in [0.2, 0.25) is 0 Å². The van der Waals surface area contributed by atoms with E-state index in [0.717, 1.165) is 11.9 Å². The molecule has 0 N–H and O–H groups in total. The lowest BCUT2D eigenvalue weighted by Crippen LogP contribution is -2.10. The molecule has 0 aromatic carbocycles. The number of fused-ring (bicyclic) bond motifs is 1. The lowest BCUT2D eigenvalue weighted by atomic mass is 10.0. The molecule has 1 heterocycles. The first kappa shape index (κ1) is 9.25. The molecule has 0 unspecified atom stereocenters. The van der Waals surface area contributed by atoms with Crippen LogP contribution in [0.5, 0.6) is 0 Å². The summed E-state index contributed by atoms with van der Waals surface area (Å²) in [6, 6.07) is 0. The first-order valence-electron chi connectivity index (χ1n) is 4.94. The van der Waals surface area contributed by atoms with Gasteiger partial charge in [0, 0.05) is 17.6 Å². The van der Waals surface area contributed by atoms with Crippen molar-refractivity contribution in [1.29, 1.82) is 0 Å². The van der Waals surface area contributed by atoms with Crippen molar-refractivity contribution in [2.75, 3.05) is 5.33 Å². The minimum absolute atomic E-state index is 1.02. The summed E-state index contributed by atoms with van der Waals surface area (Å²) in [4.78, 5) is 4.61. The number of hydrogen-bond donors (Lipinski definition) is 0. The fourth-order valence-corrected chi connectivity index (χ4v) is 2.47. The summed E-state index contributed by atoms with van der Waals surface area (Å²) in [5.41, 5.74) is 2.84. The maximum atomic E-state index is 4.61. The summed E-state index contributed by atoms with van der Waals surface area (Å²) < 4.78 is 2.36. The Morgan fingerprint density at radius 2 is 2.15 bits per heavy atom. The summed E-state index contributed by atoms with van der Waals surface area (Å²) in [7, 11) is 0. The van der Waals surface area contributed by atoms with Crippen LogP contribution in [0.2, 0.25) is 0 Å². The summed E-state index contributed by atoms with van der Waals surface area (Å²) >= 11 is 3.48. The van der Waals surface area contributed by atoms with Crippen LogP contribution < -0.4 is 0 Å². The van der Waals surface area contributed by atoms with Crippen LogP contribution in [0, 0.1) is 6.92 Å². The Hall–Kier alpha value is -0.310. The predicted octanol–water partition coefficient (Wildman–Crippen LogP) is 2.47. The van der Waals surface area contributed by atoms with E-state index in [1.807, 2.05) is 0 Å². The van der Waals surface area contributed by atoms with Crippen molar-refractivity contribution in [3.63, 3.8) is 0 Å². The molecule has 1 aliphatic carbocycles. The van der Waals surface area contributed by atoms with Crippen molar-refractivity contribution in [3.8, 4) is 0 Å². The molecule has 0 spiro atoms. The normalized spacial score (nSPS) is 15.8. The smallest absolute Gasteiger partial charge is 0.106 e. The van der Waals surface area contributed by atoms with E-state index in [2.05, 4.69) is 32.4 Å². The van der Waals surface area contributed by atoms with Gasteiger partial charge < -0.3 is 4.57 Å². The molecule has 1 aliphatic rings. The molecule has 0 saturated heterocycles. The number of halogens is 1. The summed E-state index contributed by atoms with van der Waals surface area (Å²) in [5.74, 6) is 1.19. The van der Waals surface area contributed by atoms with Gasteiger partial charge in [-0.3, -0.25) is 0 Å². The van der Waals surface area contributed by atoms with Crippen LogP contribution in [0.15, 0.2) is 0 Å². The van der Waals surface area contributed by atoms with E-state index >= 15 is 0 Å². The highest BCUT2D eigenvalue weighted by atomic mass is 79.9. The highest BCUT2D eigenvalue weighted by molar-refractivity contribution is 9.09. The van der Waals surface area contributed by atoms with Crippen LogP contribution in [-0.2, 0) is 19.4 Å². The molecule has 2 nitrogen and oxygen atoms in total. The average molecular weight is 243 g/mol. The lowest BCUT2D eigenvalue weighted by molar-refractivity contribution is 0.618. The van der Waals surface area contributed by atoms with Crippen LogP contribution in [0.25, 0.3) is 0 Å². The monoisotopic (exact) mass is 242 g/mol. The third-order valence-electron chi connectivity index (χ3n) is 2.73. The highest BCUT2D eigenvalue weighted by Crippen LogP contribution is 2.21. The van der Waals surface area contributed by atoms with E-state index in [1.165, 1.54) is 42.9 Å². The molecule has 0 amide bonds. The first-order chi connectivity index (χ1) is 6.33. The number of aryl methyl sites for hydroxylation is 2. The van der Waals surface area contributed by atoms with Crippen molar-refractivity contribution in [2.45, 2.75) is 39.2 Å². The van der Waals surface area contributed by atoms with Crippen LogP contribution in [-0.4, -0.2) is 14.9 Å². The van der Waals surface area contributed by atoms with Gasteiger partial charge in [-0.05, 0) is 32.6 Å². The van der Waals surface area contributed by atoms with E-state index in [-0.39, 0.29) is 0 Å². The third kappa shape index (κ3) is 1.66. The molecule has 2 rings (SSSR count). The molecule has 13 heavy (non-hydrogen) atoms. The van der Waals surface area contributed by atoms with Gasteiger partial charge in [0.15, 0.2) is 0 Å². The number of alkyl halides is 1. The van der Waals surface area contributed by atoms with E-state index in [0.29, 0.717) is 0 Å². The second kappa shape index (κ2) is 3.82. The number of rotatable bonds is 2. The quantitative estimate of drug-likeness (QED) is 0.729. The Bertz CT molecular complexity index is 304. The molecule has 0 bridgehead atoms. The first-order valence-corrected chi connectivity index (χ1v) is 6.06. The van der Waals surface area contributed by atoms with Crippen LogP contribution in [0.3, 0.4) is 0 Å². The minimum Gasteiger partial charge on any atom is -0.331 e. The van der Waals surface area contributed by atoms with Gasteiger partial charge in [0.05, 0.1) is 5.69 Å². The Labute approximate surface area is 87.5 Å².